The largest absolute Gasteiger partial charge is 0.309 e. The zero-order valence-electron chi connectivity index (χ0n) is 29.3. The highest BCUT2D eigenvalue weighted by molar-refractivity contribution is 6.28. The van der Waals surface area contributed by atoms with E-state index in [0.29, 0.717) is 17.6 Å². The number of benzene rings is 7. The van der Waals surface area contributed by atoms with E-state index < -0.39 is 0 Å². The third kappa shape index (κ3) is 4.22. The lowest BCUT2D eigenvalue weighted by Crippen LogP contribution is -2.18. The van der Waals surface area contributed by atoms with Gasteiger partial charge in [0.05, 0.1) is 27.8 Å². The Balaban J connectivity index is 1.24. The van der Waals surface area contributed by atoms with Crippen molar-refractivity contribution in [1.29, 1.82) is 0 Å². The summed E-state index contributed by atoms with van der Waals surface area (Å²) >= 11 is 0. The maximum Gasteiger partial charge on any atom is 0.238 e. The molecule has 0 bridgehead atoms. The molecule has 0 fully saturated rings. The molecule has 0 amide bonds. The average Bonchev–Trinajstić information content (AvgIpc) is 3.82. The topological polar surface area (TPSA) is 48.5 Å². The molecule has 0 atom stereocenters. The van der Waals surface area contributed by atoms with E-state index in [1.54, 1.807) is 0 Å². The van der Waals surface area contributed by atoms with Crippen molar-refractivity contribution in [2.75, 3.05) is 0 Å². The van der Waals surface area contributed by atoms with Gasteiger partial charge in [0, 0.05) is 38.1 Å². The number of fused-ring (bicyclic) bond motifs is 10. The Morgan fingerprint density at radius 2 is 0.925 bits per heavy atom. The first-order chi connectivity index (χ1) is 26.1. The van der Waals surface area contributed by atoms with Crippen LogP contribution in [0.4, 0.5) is 0 Å². The molecular formula is C48H33N5. The van der Waals surface area contributed by atoms with Crippen LogP contribution in [0, 0.1) is 0 Å². The fraction of sp³-hybridized carbons (Fsp3) is 0.0625. The lowest BCUT2D eigenvalue weighted by molar-refractivity contribution is 0.656. The van der Waals surface area contributed by atoms with Gasteiger partial charge in [-0.05, 0) is 52.6 Å². The smallest absolute Gasteiger partial charge is 0.238 e. The standard InChI is InChI=1S/C48H33N5/c1-48(2)36-24-12-9-20-32(36)33-23-15-27-41(44(33)48)52-37-25-13-10-21-34(37)42-39(52)28-29-40-43(42)35-22-11-14-26-38(35)53(40)47-50-45(30-16-5-3-6-17-30)49-46(51-47)31-18-7-4-8-19-31/h3-29H,1-2H3. The SMILES string of the molecule is CC1(C)c2ccccc2-c2cccc(-n3c4ccccc4c4c5c6ccccc6n(-c6nc(-c7ccccc7)nc(-c7ccccc7)n6)c5ccc43)c21. The summed E-state index contributed by atoms with van der Waals surface area (Å²) in [4.78, 5) is 15.3. The van der Waals surface area contributed by atoms with Crippen molar-refractivity contribution in [3.63, 3.8) is 0 Å². The molecule has 0 N–H and O–H groups in total. The zero-order valence-corrected chi connectivity index (χ0v) is 29.3. The van der Waals surface area contributed by atoms with Gasteiger partial charge in [-0.25, -0.2) is 4.98 Å². The summed E-state index contributed by atoms with van der Waals surface area (Å²) in [7, 11) is 0. The average molecular weight is 680 g/mol. The van der Waals surface area contributed by atoms with Crippen LogP contribution >= 0.6 is 0 Å². The lowest BCUT2D eigenvalue weighted by Gasteiger charge is -2.25. The number of aromatic nitrogens is 5. The molecular weight excluding hydrogens is 647 g/mol. The third-order valence-corrected chi connectivity index (χ3v) is 11.2. The predicted octanol–water partition coefficient (Wildman–Crippen LogP) is 11.7. The zero-order chi connectivity index (χ0) is 35.3. The molecule has 0 unspecified atom stereocenters. The first kappa shape index (κ1) is 29.8. The van der Waals surface area contributed by atoms with E-state index >= 15 is 0 Å². The van der Waals surface area contributed by atoms with Gasteiger partial charge in [-0.1, -0.05) is 147 Å². The van der Waals surface area contributed by atoms with E-state index in [9.17, 15) is 0 Å². The van der Waals surface area contributed by atoms with Crippen molar-refractivity contribution in [2.45, 2.75) is 19.3 Å². The molecule has 5 heteroatoms. The van der Waals surface area contributed by atoms with Gasteiger partial charge in [-0.15, -0.1) is 0 Å². The number of nitrogens with zero attached hydrogens (tertiary/aromatic N) is 5. The molecule has 53 heavy (non-hydrogen) atoms. The molecule has 250 valence electrons. The van der Waals surface area contributed by atoms with Gasteiger partial charge in [0.15, 0.2) is 11.6 Å². The van der Waals surface area contributed by atoms with Crippen molar-refractivity contribution in [2.24, 2.45) is 0 Å². The molecule has 0 saturated heterocycles. The van der Waals surface area contributed by atoms with Crippen molar-refractivity contribution in [1.82, 2.24) is 24.1 Å². The monoisotopic (exact) mass is 679 g/mol. The van der Waals surface area contributed by atoms with Crippen molar-refractivity contribution in [3.8, 4) is 45.5 Å². The Bertz CT molecular complexity index is 3020. The second-order valence-corrected chi connectivity index (χ2v) is 14.4. The molecule has 3 aromatic heterocycles. The summed E-state index contributed by atoms with van der Waals surface area (Å²) in [5, 5.41) is 4.78. The first-order valence-electron chi connectivity index (χ1n) is 18.1. The minimum Gasteiger partial charge on any atom is -0.309 e. The van der Waals surface area contributed by atoms with Crippen LogP contribution < -0.4 is 0 Å². The Morgan fingerprint density at radius 1 is 0.415 bits per heavy atom. The Kier molecular flexibility index (Phi) is 6.23. The summed E-state index contributed by atoms with van der Waals surface area (Å²) in [6.07, 6.45) is 0. The Morgan fingerprint density at radius 3 is 1.57 bits per heavy atom. The van der Waals surface area contributed by atoms with Crippen LogP contribution in [-0.4, -0.2) is 24.1 Å². The number of hydrogen-bond donors (Lipinski definition) is 0. The van der Waals surface area contributed by atoms with Gasteiger partial charge >= 0.3 is 0 Å². The second-order valence-electron chi connectivity index (χ2n) is 14.4. The molecule has 0 spiro atoms. The van der Waals surface area contributed by atoms with Crippen molar-refractivity contribution in [3.05, 3.63) is 175 Å². The van der Waals surface area contributed by atoms with Gasteiger partial charge < -0.3 is 4.57 Å². The van der Waals surface area contributed by atoms with Gasteiger partial charge in [0.2, 0.25) is 5.95 Å². The number of rotatable bonds is 4. The molecule has 0 saturated carbocycles. The highest BCUT2D eigenvalue weighted by Gasteiger charge is 2.38. The van der Waals surface area contributed by atoms with Crippen LogP contribution in [0.3, 0.4) is 0 Å². The molecule has 0 aliphatic heterocycles. The molecule has 11 rings (SSSR count). The van der Waals surface area contributed by atoms with Gasteiger partial charge in [0.25, 0.3) is 0 Å². The molecule has 10 aromatic rings. The van der Waals surface area contributed by atoms with E-state index in [2.05, 4.69) is 150 Å². The van der Waals surface area contributed by atoms with Crippen LogP contribution in [0.25, 0.3) is 89.2 Å². The summed E-state index contributed by atoms with van der Waals surface area (Å²) in [5.41, 5.74) is 12.8. The molecule has 1 aliphatic carbocycles. The van der Waals surface area contributed by atoms with Crippen LogP contribution in [0.15, 0.2) is 164 Å². The van der Waals surface area contributed by atoms with Crippen molar-refractivity contribution < 1.29 is 0 Å². The fourth-order valence-corrected chi connectivity index (χ4v) is 8.90. The van der Waals surface area contributed by atoms with Crippen LogP contribution in [-0.2, 0) is 5.41 Å². The predicted molar refractivity (Wildman–Crippen MR) is 217 cm³/mol. The van der Waals surface area contributed by atoms with E-state index in [-0.39, 0.29) is 5.41 Å². The Labute approximate surface area is 306 Å². The van der Waals surface area contributed by atoms with E-state index in [0.717, 1.165) is 27.5 Å². The minimum absolute atomic E-state index is 0.161. The minimum atomic E-state index is -0.161. The van der Waals surface area contributed by atoms with E-state index in [4.69, 9.17) is 15.0 Å². The quantitative estimate of drug-likeness (QED) is 0.186. The summed E-state index contributed by atoms with van der Waals surface area (Å²) in [6, 6.07) is 58.0. The lowest BCUT2D eigenvalue weighted by atomic mass is 9.81. The fourth-order valence-electron chi connectivity index (χ4n) is 8.90. The van der Waals surface area contributed by atoms with Crippen LogP contribution in [0.2, 0.25) is 0 Å². The summed E-state index contributed by atoms with van der Waals surface area (Å²) < 4.78 is 4.71. The number of para-hydroxylation sites is 2. The van der Waals surface area contributed by atoms with E-state index in [1.165, 1.54) is 55.1 Å². The highest BCUT2D eigenvalue weighted by atomic mass is 15.2. The van der Waals surface area contributed by atoms with Crippen LogP contribution in [0.1, 0.15) is 25.0 Å². The molecule has 5 nitrogen and oxygen atoms in total. The molecule has 0 radical (unpaired) electrons. The van der Waals surface area contributed by atoms with Crippen molar-refractivity contribution >= 4 is 43.6 Å². The third-order valence-electron chi connectivity index (χ3n) is 11.2. The molecule has 1 aliphatic rings. The first-order valence-corrected chi connectivity index (χ1v) is 18.1. The van der Waals surface area contributed by atoms with Gasteiger partial charge in [0.1, 0.15) is 0 Å². The molecule has 7 aromatic carbocycles. The second kappa shape index (κ2) is 11.1. The Hall–Kier alpha value is -6.85. The summed E-state index contributed by atoms with van der Waals surface area (Å²) in [6.45, 7) is 4.73. The van der Waals surface area contributed by atoms with E-state index in [1.807, 2.05) is 36.4 Å². The maximum absolute atomic E-state index is 5.18. The maximum atomic E-state index is 5.18. The number of hydrogen-bond acceptors (Lipinski definition) is 3. The van der Waals surface area contributed by atoms with Gasteiger partial charge in [-0.3, -0.25) is 4.57 Å². The normalized spacial score (nSPS) is 13.2. The highest BCUT2D eigenvalue weighted by Crippen LogP contribution is 2.52. The summed E-state index contributed by atoms with van der Waals surface area (Å²) in [5.74, 6) is 1.87. The molecule has 3 heterocycles. The van der Waals surface area contributed by atoms with Crippen LogP contribution in [0.5, 0.6) is 0 Å². The van der Waals surface area contributed by atoms with Gasteiger partial charge in [-0.2, -0.15) is 9.97 Å².